The average molecular weight is 472 g/mol. The van der Waals surface area contributed by atoms with E-state index in [1.54, 1.807) is 11.0 Å². The number of nitrogens with one attached hydrogen (secondary N) is 1. The van der Waals surface area contributed by atoms with Crippen molar-refractivity contribution in [1.82, 2.24) is 10.2 Å². The monoisotopic (exact) mass is 471 g/mol. The second kappa shape index (κ2) is 11.0. The van der Waals surface area contributed by atoms with Gasteiger partial charge in [0.2, 0.25) is 5.91 Å². The van der Waals surface area contributed by atoms with Crippen LogP contribution in [0.2, 0.25) is 5.02 Å². The van der Waals surface area contributed by atoms with Gasteiger partial charge in [-0.1, -0.05) is 47.6 Å². The van der Waals surface area contributed by atoms with Crippen molar-refractivity contribution in [3.8, 4) is 0 Å². The summed E-state index contributed by atoms with van der Waals surface area (Å²) >= 11 is 7.51. The fourth-order valence-corrected chi connectivity index (χ4v) is 4.98. The number of benzene rings is 2. The first-order valence-corrected chi connectivity index (χ1v) is 11.9. The van der Waals surface area contributed by atoms with Crippen LogP contribution in [0.25, 0.3) is 6.08 Å². The number of ether oxygens (including phenoxy) is 1. The van der Waals surface area contributed by atoms with E-state index in [9.17, 15) is 9.59 Å². The van der Waals surface area contributed by atoms with Crippen molar-refractivity contribution in [3.63, 3.8) is 0 Å². The number of fused-ring (bicyclic) bond motifs is 1. The number of nitrogens with zero attached hydrogens (tertiary/aromatic N) is 2. The molecule has 2 aromatic rings. The lowest BCUT2D eigenvalue weighted by Crippen LogP contribution is -2.43. The number of thioether (sulfide) groups is 1. The van der Waals surface area contributed by atoms with E-state index in [2.05, 4.69) is 10.2 Å². The quantitative estimate of drug-likeness (QED) is 0.493. The van der Waals surface area contributed by atoms with Crippen molar-refractivity contribution in [2.45, 2.75) is 11.3 Å². The predicted molar refractivity (Wildman–Crippen MR) is 129 cm³/mol. The van der Waals surface area contributed by atoms with Crippen molar-refractivity contribution in [2.75, 3.05) is 50.8 Å². The highest BCUT2D eigenvalue weighted by Crippen LogP contribution is 2.41. The van der Waals surface area contributed by atoms with Crippen LogP contribution in [0.3, 0.4) is 0 Å². The lowest BCUT2D eigenvalue weighted by molar-refractivity contribution is -0.122. The molecule has 0 spiro atoms. The van der Waals surface area contributed by atoms with Crippen molar-refractivity contribution >= 4 is 46.9 Å². The Morgan fingerprint density at radius 2 is 1.97 bits per heavy atom. The van der Waals surface area contributed by atoms with Gasteiger partial charge < -0.3 is 10.1 Å². The first-order chi connectivity index (χ1) is 15.6. The summed E-state index contributed by atoms with van der Waals surface area (Å²) in [6.07, 6.45) is 2.69. The van der Waals surface area contributed by atoms with Crippen LogP contribution in [0.4, 0.5) is 5.69 Å². The minimum atomic E-state index is -0.183. The Labute approximate surface area is 197 Å². The molecule has 0 aromatic heterocycles. The maximum atomic E-state index is 13.3. The number of amides is 2. The van der Waals surface area contributed by atoms with Crippen molar-refractivity contribution in [2.24, 2.45) is 0 Å². The summed E-state index contributed by atoms with van der Waals surface area (Å²) in [6.45, 7) is 4.91. The summed E-state index contributed by atoms with van der Waals surface area (Å²) in [5.41, 5.74) is 1.61. The van der Waals surface area contributed by atoms with E-state index in [1.165, 1.54) is 11.8 Å². The number of carbonyl (C=O) groups excluding carboxylic acids is 2. The van der Waals surface area contributed by atoms with Crippen LogP contribution in [-0.2, 0) is 14.3 Å². The van der Waals surface area contributed by atoms with Crippen LogP contribution in [0.15, 0.2) is 58.3 Å². The molecular weight excluding hydrogens is 446 g/mol. The Kier molecular flexibility index (Phi) is 7.86. The van der Waals surface area contributed by atoms with Gasteiger partial charge in [0.15, 0.2) is 0 Å². The normalized spacial score (nSPS) is 18.0. The lowest BCUT2D eigenvalue weighted by atomic mass is 10.2. The zero-order valence-electron chi connectivity index (χ0n) is 17.8. The molecule has 0 unspecified atom stereocenters. The highest BCUT2D eigenvalue weighted by Gasteiger charge is 2.30. The van der Waals surface area contributed by atoms with Crippen LogP contribution in [0.1, 0.15) is 12.0 Å². The molecule has 0 radical (unpaired) electrons. The number of rotatable bonds is 7. The summed E-state index contributed by atoms with van der Waals surface area (Å²) in [6, 6.07) is 15.0. The van der Waals surface area contributed by atoms with E-state index in [-0.39, 0.29) is 18.4 Å². The number of hydrogen-bond acceptors (Lipinski definition) is 5. The van der Waals surface area contributed by atoms with Gasteiger partial charge in [0.25, 0.3) is 5.91 Å². The van der Waals surface area contributed by atoms with Gasteiger partial charge >= 0.3 is 0 Å². The topological polar surface area (TPSA) is 61.9 Å². The van der Waals surface area contributed by atoms with Crippen molar-refractivity contribution in [3.05, 3.63) is 64.0 Å². The van der Waals surface area contributed by atoms with Gasteiger partial charge in [0.1, 0.15) is 6.54 Å². The minimum absolute atomic E-state index is 0.0130. The van der Waals surface area contributed by atoms with E-state index < -0.39 is 0 Å². The molecule has 168 valence electrons. The largest absolute Gasteiger partial charge is 0.379 e. The zero-order valence-corrected chi connectivity index (χ0v) is 19.3. The molecule has 0 atom stereocenters. The Bertz CT molecular complexity index is 1010. The van der Waals surface area contributed by atoms with E-state index in [0.29, 0.717) is 16.5 Å². The Hall–Kier alpha value is -2.32. The molecule has 6 nitrogen and oxygen atoms in total. The molecule has 2 amide bonds. The standard InChI is InChI=1S/C24H26ClN3O3S/c25-19-6-3-5-18(15-19)16-22-24(30)28(20-7-1-2-8-21(20)32-22)17-23(29)26-9-4-10-27-11-13-31-14-12-27/h1-3,5-8,15-16H,4,9-14,17H2,(H,26,29)/b22-16+. The molecule has 8 heteroatoms. The Morgan fingerprint density at radius 3 is 2.78 bits per heavy atom. The molecule has 2 heterocycles. The number of anilines is 1. The fourth-order valence-electron chi connectivity index (χ4n) is 3.72. The van der Waals surface area contributed by atoms with Gasteiger partial charge in [-0.15, -0.1) is 0 Å². The SMILES string of the molecule is O=C(CN1C(=O)/C(=C\c2cccc(Cl)c2)Sc2ccccc21)NCCCN1CCOCC1. The Balaban J connectivity index is 1.41. The van der Waals surface area contributed by atoms with Gasteiger partial charge in [-0.2, -0.15) is 0 Å². The number of para-hydroxylation sites is 1. The fraction of sp³-hybridized carbons (Fsp3) is 0.333. The minimum Gasteiger partial charge on any atom is -0.379 e. The first-order valence-electron chi connectivity index (χ1n) is 10.7. The van der Waals surface area contributed by atoms with Gasteiger partial charge in [0.05, 0.1) is 23.8 Å². The number of hydrogen-bond donors (Lipinski definition) is 1. The summed E-state index contributed by atoms with van der Waals surface area (Å²) in [7, 11) is 0. The van der Waals surface area contributed by atoms with Gasteiger partial charge in [-0.3, -0.25) is 19.4 Å². The van der Waals surface area contributed by atoms with Crippen LogP contribution in [0, 0.1) is 0 Å². The maximum Gasteiger partial charge on any atom is 0.265 e. The molecule has 2 aliphatic heterocycles. The molecule has 1 N–H and O–H groups in total. The smallest absolute Gasteiger partial charge is 0.265 e. The van der Waals surface area contributed by atoms with Crippen LogP contribution in [0.5, 0.6) is 0 Å². The molecular formula is C24H26ClN3O3S. The highest BCUT2D eigenvalue weighted by atomic mass is 35.5. The summed E-state index contributed by atoms with van der Waals surface area (Å²) in [4.78, 5) is 31.3. The predicted octanol–water partition coefficient (Wildman–Crippen LogP) is 3.66. The van der Waals surface area contributed by atoms with E-state index in [4.69, 9.17) is 16.3 Å². The molecule has 0 saturated carbocycles. The second-order valence-corrected chi connectivity index (χ2v) is 9.20. The van der Waals surface area contributed by atoms with Gasteiger partial charge in [0, 0.05) is 29.6 Å². The van der Waals surface area contributed by atoms with E-state index in [1.807, 2.05) is 48.5 Å². The molecule has 4 rings (SSSR count). The summed E-state index contributed by atoms with van der Waals surface area (Å²) in [5, 5.41) is 3.57. The molecule has 2 aliphatic rings. The summed E-state index contributed by atoms with van der Waals surface area (Å²) in [5.74, 6) is -0.346. The average Bonchev–Trinajstić information content (AvgIpc) is 2.80. The Morgan fingerprint density at radius 1 is 1.16 bits per heavy atom. The number of carbonyl (C=O) groups is 2. The van der Waals surface area contributed by atoms with Crippen LogP contribution < -0.4 is 10.2 Å². The molecule has 0 bridgehead atoms. The van der Waals surface area contributed by atoms with Crippen molar-refractivity contribution < 1.29 is 14.3 Å². The lowest BCUT2D eigenvalue weighted by Gasteiger charge is -2.30. The van der Waals surface area contributed by atoms with E-state index in [0.717, 1.165) is 55.4 Å². The first kappa shape index (κ1) is 22.9. The zero-order chi connectivity index (χ0) is 22.3. The maximum absolute atomic E-state index is 13.3. The van der Waals surface area contributed by atoms with Gasteiger partial charge in [-0.25, -0.2) is 0 Å². The van der Waals surface area contributed by atoms with Gasteiger partial charge in [-0.05, 0) is 48.9 Å². The number of halogens is 1. The van der Waals surface area contributed by atoms with Crippen LogP contribution in [-0.4, -0.2) is 62.7 Å². The summed E-state index contributed by atoms with van der Waals surface area (Å²) < 4.78 is 5.36. The third-order valence-corrected chi connectivity index (χ3v) is 6.67. The van der Waals surface area contributed by atoms with E-state index >= 15 is 0 Å². The van der Waals surface area contributed by atoms with Crippen molar-refractivity contribution in [1.29, 1.82) is 0 Å². The van der Waals surface area contributed by atoms with Crippen LogP contribution >= 0.6 is 23.4 Å². The molecule has 1 fully saturated rings. The molecule has 32 heavy (non-hydrogen) atoms. The third-order valence-electron chi connectivity index (χ3n) is 5.36. The molecule has 2 aromatic carbocycles. The third kappa shape index (κ3) is 5.92. The highest BCUT2D eigenvalue weighted by molar-refractivity contribution is 8.04. The molecule has 1 saturated heterocycles. The second-order valence-electron chi connectivity index (χ2n) is 7.68. The molecule has 0 aliphatic carbocycles. The number of morpholine rings is 1.